The molecule has 0 heterocycles. The highest BCUT2D eigenvalue weighted by Gasteiger charge is 2.17. The Kier molecular flexibility index (Phi) is 8.17. The molecule has 0 aromatic heterocycles. The minimum absolute atomic E-state index is 0.0150. The van der Waals surface area contributed by atoms with Crippen LogP contribution in [0.25, 0.3) is 0 Å². The molecule has 2 aromatic carbocycles. The Balaban J connectivity index is 2.06. The van der Waals surface area contributed by atoms with Gasteiger partial charge in [0.25, 0.3) is 0 Å². The molecule has 0 fully saturated rings. The predicted molar refractivity (Wildman–Crippen MR) is 111 cm³/mol. The molecule has 0 radical (unpaired) electrons. The first kappa shape index (κ1) is 21.6. The van der Waals surface area contributed by atoms with E-state index in [1.54, 1.807) is 48.3 Å². The zero-order valence-corrected chi connectivity index (χ0v) is 16.8. The molecule has 0 unspecified atom stereocenters. The first-order valence-corrected chi connectivity index (χ1v) is 9.43. The third-order valence-corrected chi connectivity index (χ3v) is 4.17. The van der Waals surface area contributed by atoms with Crippen LogP contribution in [0.1, 0.15) is 29.3 Å². The molecular weight excluding hydrogens is 378 g/mol. The van der Waals surface area contributed by atoms with Crippen molar-refractivity contribution in [2.75, 3.05) is 32.0 Å². The van der Waals surface area contributed by atoms with Crippen LogP contribution in [0.3, 0.4) is 0 Å². The van der Waals surface area contributed by atoms with E-state index in [1.165, 1.54) is 6.07 Å². The van der Waals surface area contributed by atoms with E-state index >= 15 is 0 Å². The van der Waals surface area contributed by atoms with E-state index in [9.17, 15) is 14.4 Å². The van der Waals surface area contributed by atoms with Crippen molar-refractivity contribution in [3.63, 3.8) is 0 Å². The third-order valence-electron chi connectivity index (χ3n) is 3.94. The molecule has 28 heavy (non-hydrogen) atoms. The fourth-order valence-electron chi connectivity index (χ4n) is 2.61. The molecule has 148 valence electrons. The van der Waals surface area contributed by atoms with Gasteiger partial charge in [-0.25, -0.2) is 0 Å². The second kappa shape index (κ2) is 10.6. The Hall–Kier alpha value is -2.70. The largest absolute Gasteiger partial charge is 0.355 e. The van der Waals surface area contributed by atoms with E-state index in [4.69, 9.17) is 11.6 Å². The predicted octanol–water partition coefficient (Wildman–Crippen LogP) is 2.97. The second-order valence-electron chi connectivity index (χ2n) is 6.46. The molecule has 2 aromatic rings. The molecule has 0 atom stereocenters. The number of halogens is 1. The van der Waals surface area contributed by atoms with Crippen LogP contribution < -0.4 is 10.6 Å². The van der Waals surface area contributed by atoms with E-state index < -0.39 is 0 Å². The summed E-state index contributed by atoms with van der Waals surface area (Å²) in [6, 6.07) is 13.5. The molecule has 0 bridgehead atoms. The lowest BCUT2D eigenvalue weighted by Crippen LogP contribution is -2.39. The zero-order chi connectivity index (χ0) is 20.5. The highest BCUT2D eigenvalue weighted by Crippen LogP contribution is 2.23. The van der Waals surface area contributed by atoms with Crippen LogP contribution in [0, 0.1) is 0 Å². The highest BCUT2D eigenvalue weighted by molar-refractivity contribution is 6.31. The van der Waals surface area contributed by atoms with Gasteiger partial charge in [-0.15, -0.1) is 0 Å². The topological polar surface area (TPSA) is 78.5 Å². The van der Waals surface area contributed by atoms with Crippen LogP contribution in [-0.2, 0) is 9.59 Å². The van der Waals surface area contributed by atoms with Crippen LogP contribution >= 0.6 is 11.6 Å². The van der Waals surface area contributed by atoms with Crippen molar-refractivity contribution in [1.82, 2.24) is 10.2 Å². The number of ketones is 1. The van der Waals surface area contributed by atoms with Gasteiger partial charge in [-0.3, -0.25) is 19.3 Å². The van der Waals surface area contributed by atoms with Crippen LogP contribution in [0.15, 0.2) is 48.5 Å². The molecule has 6 nitrogen and oxygen atoms in total. The second-order valence-corrected chi connectivity index (χ2v) is 6.89. The summed E-state index contributed by atoms with van der Waals surface area (Å²) in [6.45, 7) is 2.71. The van der Waals surface area contributed by atoms with Crippen LogP contribution in [0.5, 0.6) is 0 Å². The number of amides is 2. The molecule has 0 saturated heterocycles. The summed E-state index contributed by atoms with van der Waals surface area (Å²) in [5, 5.41) is 5.91. The van der Waals surface area contributed by atoms with Crippen molar-refractivity contribution in [3.8, 4) is 0 Å². The van der Waals surface area contributed by atoms with E-state index in [1.807, 2.05) is 13.0 Å². The Bertz CT molecular complexity index is 840. The summed E-state index contributed by atoms with van der Waals surface area (Å²) in [6.07, 6.45) is 0.852. The normalized spacial score (nSPS) is 10.6. The van der Waals surface area contributed by atoms with Gasteiger partial charge in [0, 0.05) is 22.7 Å². The van der Waals surface area contributed by atoms with Crippen molar-refractivity contribution in [1.29, 1.82) is 0 Å². The number of anilines is 1. The lowest BCUT2D eigenvalue weighted by Gasteiger charge is -2.17. The molecule has 0 spiro atoms. The van der Waals surface area contributed by atoms with Crippen LogP contribution in [0.2, 0.25) is 5.02 Å². The lowest BCUT2D eigenvalue weighted by molar-refractivity contribution is -0.122. The maximum absolute atomic E-state index is 12.8. The Labute approximate surface area is 169 Å². The van der Waals surface area contributed by atoms with Crippen molar-refractivity contribution in [2.24, 2.45) is 0 Å². The first-order valence-electron chi connectivity index (χ1n) is 9.05. The maximum Gasteiger partial charge on any atom is 0.238 e. The number of nitrogens with one attached hydrogen (secondary N) is 2. The smallest absolute Gasteiger partial charge is 0.238 e. The summed E-state index contributed by atoms with van der Waals surface area (Å²) in [7, 11) is 1.68. The minimum atomic E-state index is -0.324. The average molecular weight is 402 g/mol. The lowest BCUT2D eigenvalue weighted by atomic mass is 10.0. The molecule has 2 rings (SSSR count). The van der Waals surface area contributed by atoms with Gasteiger partial charge >= 0.3 is 0 Å². The van der Waals surface area contributed by atoms with Gasteiger partial charge in [0.05, 0.1) is 18.8 Å². The number of carbonyl (C=O) groups excluding carboxylic acids is 3. The van der Waals surface area contributed by atoms with E-state index in [2.05, 4.69) is 10.6 Å². The number of rotatable bonds is 9. The standard InChI is InChI=1S/C21H24ClN3O3/c1-3-11-23-19(26)13-25(2)14-20(27)24-18-10-9-16(22)12-17(18)21(28)15-7-5-4-6-8-15/h4-10,12H,3,11,13-14H2,1-2H3,(H,23,26)(H,24,27). The number of hydrogen-bond acceptors (Lipinski definition) is 4. The fraction of sp³-hybridized carbons (Fsp3) is 0.286. The van der Waals surface area contributed by atoms with Gasteiger partial charge < -0.3 is 10.6 Å². The molecule has 2 N–H and O–H groups in total. The highest BCUT2D eigenvalue weighted by atomic mass is 35.5. The quantitative estimate of drug-likeness (QED) is 0.633. The zero-order valence-electron chi connectivity index (χ0n) is 16.0. The molecule has 7 heteroatoms. The van der Waals surface area contributed by atoms with Crippen LogP contribution in [0.4, 0.5) is 5.69 Å². The third kappa shape index (κ3) is 6.48. The Morgan fingerprint density at radius 2 is 1.68 bits per heavy atom. The van der Waals surface area contributed by atoms with Gasteiger partial charge in [0.1, 0.15) is 0 Å². The SMILES string of the molecule is CCCNC(=O)CN(C)CC(=O)Nc1ccc(Cl)cc1C(=O)c1ccccc1. The minimum Gasteiger partial charge on any atom is -0.355 e. The van der Waals surface area contributed by atoms with E-state index in [0.717, 1.165) is 6.42 Å². The van der Waals surface area contributed by atoms with Crippen molar-refractivity contribution >= 4 is 34.9 Å². The fourth-order valence-corrected chi connectivity index (χ4v) is 2.79. The molecule has 0 aliphatic carbocycles. The number of nitrogens with zero attached hydrogens (tertiary/aromatic N) is 1. The van der Waals surface area contributed by atoms with Crippen molar-refractivity contribution < 1.29 is 14.4 Å². The van der Waals surface area contributed by atoms with E-state index in [-0.39, 0.29) is 30.7 Å². The van der Waals surface area contributed by atoms with Gasteiger partial charge in [0.2, 0.25) is 11.8 Å². The number of likely N-dealkylation sites (N-methyl/N-ethyl adjacent to an activating group) is 1. The number of hydrogen-bond donors (Lipinski definition) is 2. The summed E-state index contributed by atoms with van der Waals surface area (Å²) in [5.41, 5.74) is 1.20. The number of benzene rings is 2. The summed E-state index contributed by atoms with van der Waals surface area (Å²) in [5.74, 6) is -0.690. The van der Waals surface area contributed by atoms with Gasteiger partial charge in [-0.05, 0) is 31.7 Å². The average Bonchev–Trinajstić information content (AvgIpc) is 2.67. The molecule has 2 amide bonds. The Morgan fingerprint density at radius 1 is 1.00 bits per heavy atom. The molecule has 0 saturated carbocycles. The summed E-state index contributed by atoms with van der Waals surface area (Å²) < 4.78 is 0. The summed E-state index contributed by atoms with van der Waals surface area (Å²) in [4.78, 5) is 38.5. The molecule has 0 aliphatic heterocycles. The maximum atomic E-state index is 12.8. The molecular formula is C21H24ClN3O3. The number of carbonyl (C=O) groups is 3. The Morgan fingerprint density at radius 3 is 2.36 bits per heavy atom. The molecule has 0 aliphatic rings. The van der Waals surface area contributed by atoms with Crippen molar-refractivity contribution in [2.45, 2.75) is 13.3 Å². The van der Waals surface area contributed by atoms with Crippen molar-refractivity contribution in [3.05, 3.63) is 64.7 Å². The monoisotopic (exact) mass is 401 g/mol. The summed E-state index contributed by atoms with van der Waals surface area (Å²) >= 11 is 6.05. The van der Waals surface area contributed by atoms with Crippen LogP contribution in [-0.4, -0.2) is 49.2 Å². The van der Waals surface area contributed by atoms with Gasteiger partial charge in [-0.1, -0.05) is 48.9 Å². The van der Waals surface area contributed by atoms with E-state index in [0.29, 0.717) is 28.4 Å². The van der Waals surface area contributed by atoms with Gasteiger partial charge in [0.15, 0.2) is 5.78 Å². The first-order chi connectivity index (χ1) is 13.4. The van der Waals surface area contributed by atoms with Gasteiger partial charge in [-0.2, -0.15) is 0 Å².